The number of aryl methyl sites for hydroxylation is 1. The van der Waals surface area contributed by atoms with Gasteiger partial charge in [-0.3, -0.25) is 4.79 Å². The number of rotatable bonds is 7. The molecule has 1 aromatic heterocycles. The fourth-order valence-corrected chi connectivity index (χ4v) is 2.18. The maximum Gasteiger partial charge on any atom is 0.220 e. The number of carbonyl (C=O) groups is 1. The van der Waals surface area contributed by atoms with Crippen molar-refractivity contribution in [3.63, 3.8) is 0 Å². The van der Waals surface area contributed by atoms with Crippen LogP contribution in [0.4, 0.5) is 0 Å². The SMILES string of the molecule is C[C@@H](CO)NC(=O)CCCCc1cccs1. The lowest BCUT2D eigenvalue weighted by molar-refractivity contribution is -0.122. The zero-order valence-corrected chi connectivity index (χ0v) is 10.4. The molecule has 0 radical (unpaired) electrons. The molecule has 0 spiro atoms. The number of amides is 1. The molecule has 0 unspecified atom stereocenters. The van der Waals surface area contributed by atoms with Gasteiger partial charge in [0.2, 0.25) is 5.91 Å². The highest BCUT2D eigenvalue weighted by molar-refractivity contribution is 7.09. The van der Waals surface area contributed by atoms with Crippen molar-refractivity contribution in [1.82, 2.24) is 5.32 Å². The Kier molecular flexibility index (Phi) is 6.11. The Balaban J connectivity index is 2.04. The fraction of sp³-hybridized carbons (Fsp3) is 0.583. The van der Waals surface area contributed by atoms with Crippen LogP contribution >= 0.6 is 11.3 Å². The van der Waals surface area contributed by atoms with Crippen molar-refractivity contribution >= 4 is 17.2 Å². The summed E-state index contributed by atoms with van der Waals surface area (Å²) in [4.78, 5) is 12.7. The number of hydrogen-bond acceptors (Lipinski definition) is 3. The minimum Gasteiger partial charge on any atom is -0.394 e. The number of thiophene rings is 1. The Morgan fingerprint density at radius 2 is 2.38 bits per heavy atom. The predicted molar refractivity (Wildman–Crippen MR) is 66.6 cm³/mol. The van der Waals surface area contributed by atoms with Crippen molar-refractivity contribution in [2.75, 3.05) is 6.61 Å². The largest absolute Gasteiger partial charge is 0.394 e. The van der Waals surface area contributed by atoms with Crippen LogP contribution < -0.4 is 5.32 Å². The molecule has 1 rings (SSSR count). The summed E-state index contributed by atoms with van der Waals surface area (Å²) >= 11 is 1.76. The summed E-state index contributed by atoms with van der Waals surface area (Å²) in [6, 6.07) is 4.04. The monoisotopic (exact) mass is 241 g/mol. The third-order valence-electron chi connectivity index (χ3n) is 2.34. The fourth-order valence-electron chi connectivity index (χ4n) is 1.43. The van der Waals surface area contributed by atoms with Gasteiger partial charge in [0.05, 0.1) is 6.61 Å². The van der Waals surface area contributed by atoms with Crippen LogP contribution in [0.1, 0.15) is 31.1 Å². The molecule has 0 aliphatic rings. The van der Waals surface area contributed by atoms with Crippen LogP contribution in [-0.2, 0) is 11.2 Å². The van der Waals surface area contributed by atoms with E-state index < -0.39 is 0 Å². The van der Waals surface area contributed by atoms with Crippen molar-refractivity contribution in [2.24, 2.45) is 0 Å². The number of carbonyl (C=O) groups excluding carboxylic acids is 1. The highest BCUT2D eigenvalue weighted by Gasteiger charge is 2.05. The zero-order valence-electron chi connectivity index (χ0n) is 9.61. The van der Waals surface area contributed by atoms with Crippen molar-refractivity contribution in [3.8, 4) is 0 Å². The van der Waals surface area contributed by atoms with Crippen molar-refractivity contribution in [1.29, 1.82) is 0 Å². The van der Waals surface area contributed by atoms with Crippen LogP contribution in [0.15, 0.2) is 17.5 Å². The smallest absolute Gasteiger partial charge is 0.220 e. The van der Waals surface area contributed by atoms with Gasteiger partial charge in [0.25, 0.3) is 0 Å². The average molecular weight is 241 g/mol. The molecule has 0 bridgehead atoms. The lowest BCUT2D eigenvalue weighted by Gasteiger charge is -2.10. The second kappa shape index (κ2) is 7.41. The van der Waals surface area contributed by atoms with E-state index in [0.29, 0.717) is 6.42 Å². The minimum absolute atomic E-state index is 0.000928. The molecule has 1 aromatic rings. The first-order valence-corrected chi connectivity index (χ1v) is 6.53. The Morgan fingerprint density at radius 1 is 1.56 bits per heavy atom. The summed E-state index contributed by atoms with van der Waals surface area (Å²) in [6.45, 7) is 1.80. The molecule has 0 aliphatic carbocycles. The molecule has 16 heavy (non-hydrogen) atoms. The number of aliphatic hydroxyl groups excluding tert-OH is 1. The maximum atomic E-state index is 11.4. The van der Waals surface area contributed by atoms with E-state index in [-0.39, 0.29) is 18.6 Å². The van der Waals surface area contributed by atoms with E-state index >= 15 is 0 Å². The molecule has 1 heterocycles. The summed E-state index contributed by atoms with van der Waals surface area (Å²) in [5.41, 5.74) is 0. The van der Waals surface area contributed by atoms with Crippen molar-refractivity contribution < 1.29 is 9.90 Å². The molecular formula is C12H19NO2S. The normalized spacial score (nSPS) is 12.4. The highest BCUT2D eigenvalue weighted by Crippen LogP contribution is 2.12. The molecular weight excluding hydrogens is 222 g/mol. The molecule has 2 N–H and O–H groups in total. The number of nitrogens with one attached hydrogen (secondary N) is 1. The average Bonchev–Trinajstić information content (AvgIpc) is 2.77. The molecule has 90 valence electrons. The van der Waals surface area contributed by atoms with Crippen molar-refractivity contribution in [2.45, 2.75) is 38.6 Å². The van der Waals surface area contributed by atoms with E-state index in [2.05, 4.69) is 22.8 Å². The third-order valence-corrected chi connectivity index (χ3v) is 3.27. The van der Waals surface area contributed by atoms with Gasteiger partial charge in [-0.05, 0) is 37.6 Å². The lowest BCUT2D eigenvalue weighted by Crippen LogP contribution is -2.34. The van der Waals surface area contributed by atoms with Gasteiger partial charge in [-0.2, -0.15) is 0 Å². The second-order valence-electron chi connectivity index (χ2n) is 3.94. The quantitative estimate of drug-likeness (QED) is 0.717. The molecule has 0 fully saturated rings. The summed E-state index contributed by atoms with van der Waals surface area (Å²) in [5.74, 6) is 0.0349. The topological polar surface area (TPSA) is 49.3 Å². The van der Waals surface area contributed by atoms with Gasteiger partial charge in [-0.25, -0.2) is 0 Å². The molecule has 0 saturated heterocycles. The van der Waals surface area contributed by atoms with Crippen LogP contribution in [0, 0.1) is 0 Å². The van der Waals surface area contributed by atoms with Gasteiger partial charge in [-0.1, -0.05) is 6.07 Å². The molecule has 1 atom stereocenters. The molecule has 3 nitrogen and oxygen atoms in total. The molecule has 0 saturated carbocycles. The molecule has 4 heteroatoms. The Labute approximate surface area is 100 Å². The Morgan fingerprint density at radius 3 is 3.00 bits per heavy atom. The van der Waals surface area contributed by atoms with Gasteiger partial charge >= 0.3 is 0 Å². The first-order valence-electron chi connectivity index (χ1n) is 5.65. The minimum atomic E-state index is -0.134. The first kappa shape index (κ1) is 13.2. The Bertz CT molecular complexity index is 298. The number of aliphatic hydroxyl groups is 1. The molecule has 0 aliphatic heterocycles. The van der Waals surface area contributed by atoms with Gasteiger partial charge in [0, 0.05) is 17.3 Å². The van der Waals surface area contributed by atoms with Crippen molar-refractivity contribution in [3.05, 3.63) is 22.4 Å². The number of hydrogen-bond donors (Lipinski definition) is 2. The van der Waals surface area contributed by atoms with Gasteiger partial charge < -0.3 is 10.4 Å². The summed E-state index contributed by atoms with van der Waals surface area (Å²) in [5, 5.41) is 13.6. The molecule has 0 aromatic carbocycles. The van der Waals surface area contributed by atoms with Gasteiger partial charge in [-0.15, -0.1) is 11.3 Å². The van der Waals surface area contributed by atoms with E-state index in [9.17, 15) is 4.79 Å². The predicted octanol–water partition coefficient (Wildman–Crippen LogP) is 1.96. The third kappa shape index (κ3) is 5.28. The summed E-state index contributed by atoms with van der Waals surface area (Å²) in [7, 11) is 0. The van der Waals surface area contributed by atoms with Crippen LogP contribution in [0.25, 0.3) is 0 Å². The molecule has 1 amide bonds. The van der Waals surface area contributed by atoms with E-state index in [1.807, 2.05) is 0 Å². The van der Waals surface area contributed by atoms with Gasteiger partial charge in [0.1, 0.15) is 0 Å². The van der Waals surface area contributed by atoms with E-state index in [1.54, 1.807) is 18.3 Å². The van der Waals surface area contributed by atoms with Crippen LogP contribution in [-0.4, -0.2) is 23.7 Å². The second-order valence-corrected chi connectivity index (χ2v) is 4.97. The van der Waals surface area contributed by atoms with Crippen LogP contribution in [0.3, 0.4) is 0 Å². The van der Waals surface area contributed by atoms with E-state index in [0.717, 1.165) is 19.3 Å². The summed E-state index contributed by atoms with van der Waals surface area (Å²) in [6.07, 6.45) is 3.56. The van der Waals surface area contributed by atoms with E-state index in [4.69, 9.17) is 5.11 Å². The first-order chi connectivity index (χ1) is 7.72. The van der Waals surface area contributed by atoms with Gasteiger partial charge in [0.15, 0.2) is 0 Å². The maximum absolute atomic E-state index is 11.4. The lowest BCUT2D eigenvalue weighted by atomic mass is 10.1. The summed E-state index contributed by atoms with van der Waals surface area (Å²) < 4.78 is 0. The van der Waals surface area contributed by atoms with E-state index in [1.165, 1.54) is 4.88 Å². The Hall–Kier alpha value is -0.870. The number of unbranched alkanes of at least 4 members (excludes halogenated alkanes) is 1. The standard InChI is InChI=1S/C12H19NO2S/c1-10(9-14)13-12(15)7-3-2-5-11-6-4-8-16-11/h4,6,8,10,14H,2-3,5,7,9H2,1H3,(H,13,15)/t10-/m0/s1. The highest BCUT2D eigenvalue weighted by atomic mass is 32.1. The zero-order chi connectivity index (χ0) is 11.8. The van der Waals surface area contributed by atoms with Crippen LogP contribution in [0.5, 0.6) is 0 Å². The van der Waals surface area contributed by atoms with Crippen LogP contribution in [0.2, 0.25) is 0 Å².